The molecule has 1 N–H and O–H groups in total. The van der Waals surface area contributed by atoms with Crippen molar-refractivity contribution in [2.45, 2.75) is 6.04 Å². The Bertz CT molecular complexity index is 451. The number of nitrogens with one attached hydrogen (secondary N) is 1. The van der Waals surface area contributed by atoms with E-state index in [1.807, 2.05) is 24.3 Å². The molecular formula is C12H11BrN2O. The first-order valence-corrected chi connectivity index (χ1v) is 5.75. The summed E-state index contributed by atoms with van der Waals surface area (Å²) >= 11 is 3.47. The molecule has 1 unspecified atom stereocenters. The van der Waals surface area contributed by atoms with Crippen molar-refractivity contribution in [1.29, 1.82) is 0 Å². The van der Waals surface area contributed by atoms with Crippen LogP contribution in [-0.4, -0.2) is 19.2 Å². The third kappa shape index (κ3) is 2.37. The van der Waals surface area contributed by atoms with Crippen LogP contribution in [0.1, 0.15) is 11.6 Å². The van der Waals surface area contributed by atoms with Gasteiger partial charge in [0.15, 0.2) is 0 Å². The van der Waals surface area contributed by atoms with Crippen molar-refractivity contribution in [2.24, 2.45) is 4.99 Å². The molecule has 82 valence electrons. The van der Waals surface area contributed by atoms with Crippen LogP contribution in [0.2, 0.25) is 0 Å². The van der Waals surface area contributed by atoms with Crippen LogP contribution in [0.4, 0.5) is 0 Å². The fourth-order valence-electron chi connectivity index (χ4n) is 1.46. The normalized spacial score (nSPS) is 15.9. The van der Waals surface area contributed by atoms with E-state index >= 15 is 0 Å². The zero-order chi connectivity index (χ0) is 11.4. The van der Waals surface area contributed by atoms with Gasteiger partial charge in [-0.15, -0.1) is 6.42 Å². The molecule has 0 saturated heterocycles. The van der Waals surface area contributed by atoms with Crippen LogP contribution in [0.25, 0.3) is 0 Å². The first kappa shape index (κ1) is 11.0. The molecule has 4 heteroatoms. The minimum absolute atomic E-state index is 0.229. The first-order valence-electron chi connectivity index (χ1n) is 4.95. The molecule has 0 spiro atoms. The zero-order valence-electron chi connectivity index (χ0n) is 8.61. The number of aliphatic imine (C=N–C) groups is 1. The molecule has 0 aromatic heterocycles. The first-order chi connectivity index (χ1) is 7.81. The average molecular weight is 279 g/mol. The van der Waals surface area contributed by atoms with Crippen molar-refractivity contribution < 1.29 is 4.74 Å². The third-order valence-corrected chi connectivity index (χ3v) is 2.96. The van der Waals surface area contributed by atoms with Crippen molar-refractivity contribution in [3.63, 3.8) is 0 Å². The number of ether oxygens (including phenoxy) is 1. The standard InChI is InChI=1S/C12H11BrN2O/c1-2-11(15-12-14-7-8-16-12)9-5-3-4-6-10(9)13/h1,3-6,11H,7-8H2,(H,14,15). The fourth-order valence-corrected chi connectivity index (χ4v) is 1.98. The van der Waals surface area contributed by atoms with Crippen LogP contribution in [0, 0.1) is 12.3 Å². The summed E-state index contributed by atoms with van der Waals surface area (Å²) in [7, 11) is 0. The minimum Gasteiger partial charge on any atom is -0.463 e. The van der Waals surface area contributed by atoms with Crippen molar-refractivity contribution in [3.05, 3.63) is 34.3 Å². The number of hydrogen-bond donors (Lipinski definition) is 1. The number of rotatable bonds is 2. The van der Waals surface area contributed by atoms with E-state index in [9.17, 15) is 0 Å². The second-order valence-corrected chi connectivity index (χ2v) is 4.16. The summed E-state index contributed by atoms with van der Waals surface area (Å²) < 4.78 is 6.25. The summed E-state index contributed by atoms with van der Waals surface area (Å²) in [6.07, 6.45) is 5.51. The van der Waals surface area contributed by atoms with Gasteiger partial charge in [-0.25, -0.2) is 4.99 Å². The van der Waals surface area contributed by atoms with E-state index in [1.54, 1.807) is 0 Å². The van der Waals surface area contributed by atoms with E-state index in [4.69, 9.17) is 11.2 Å². The van der Waals surface area contributed by atoms with Gasteiger partial charge in [0, 0.05) is 10.0 Å². The Morgan fingerprint density at radius 1 is 1.50 bits per heavy atom. The van der Waals surface area contributed by atoms with Gasteiger partial charge in [-0.05, 0) is 6.07 Å². The lowest BCUT2D eigenvalue weighted by atomic mass is 10.1. The molecule has 1 aromatic rings. The van der Waals surface area contributed by atoms with Gasteiger partial charge in [0.05, 0.1) is 6.54 Å². The second-order valence-electron chi connectivity index (χ2n) is 3.30. The van der Waals surface area contributed by atoms with Gasteiger partial charge in [0.25, 0.3) is 6.02 Å². The molecule has 1 heterocycles. The molecule has 2 rings (SSSR count). The van der Waals surface area contributed by atoms with E-state index in [0.717, 1.165) is 10.0 Å². The van der Waals surface area contributed by atoms with E-state index in [1.165, 1.54) is 0 Å². The number of benzene rings is 1. The maximum atomic E-state index is 5.51. The van der Waals surface area contributed by atoms with Crippen molar-refractivity contribution >= 4 is 22.0 Å². The predicted molar refractivity (Wildman–Crippen MR) is 67.1 cm³/mol. The van der Waals surface area contributed by atoms with E-state index in [-0.39, 0.29) is 6.04 Å². The maximum Gasteiger partial charge on any atom is 0.286 e. The fraction of sp³-hybridized carbons (Fsp3) is 0.250. The average Bonchev–Trinajstić information content (AvgIpc) is 2.80. The molecule has 1 aromatic carbocycles. The van der Waals surface area contributed by atoms with Gasteiger partial charge >= 0.3 is 0 Å². The molecule has 0 saturated carbocycles. The molecule has 0 aliphatic carbocycles. The summed E-state index contributed by atoms with van der Waals surface area (Å²) in [6.45, 7) is 1.31. The number of amidine groups is 1. The lowest BCUT2D eigenvalue weighted by molar-refractivity contribution is 0.329. The van der Waals surface area contributed by atoms with Crippen molar-refractivity contribution in [2.75, 3.05) is 13.2 Å². The van der Waals surface area contributed by atoms with Crippen LogP contribution in [0.15, 0.2) is 33.7 Å². The SMILES string of the molecule is C#CC(NC1=NCCO1)c1ccccc1Br. The summed E-state index contributed by atoms with van der Waals surface area (Å²) in [5.41, 5.74) is 1.00. The molecule has 1 atom stereocenters. The Kier molecular flexibility index (Phi) is 3.47. The van der Waals surface area contributed by atoms with Gasteiger partial charge in [0.1, 0.15) is 12.6 Å². The molecule has 16 heavy (non-hydrogen) atoms. The Hall–Kier alpha value is -1.47. The van der Waals surface area contributed by atoms with Gasteiger partial charge in [-0.3, -0.25) is 0 Å². The highest BCUT2D eigenvalue weighted by molar-refractivity contribution is 9.10. The van der Waals surface area contributed by atoms with E-state index in [2.05, 4.69) is 32.2 Å². The Balaban J connectivity index is 2.17. The highest BCUT2D eigenvalue weighted by Gasteiger charge is 2.15. The van der Waals surface area contributed by atoms with Crippen LogP contribution in [-0.2, 0) is 4.74 Å². The molecule has 3 nitrogen and oxygen atoms in total. The van der Waals surface area contributed by atoms with Crippen LogP contribution in [0.3, 0.4) is 0 Å². The van der Waals surface area contributed by atoms with Gasteiger partial charge in [-0.1, -0.05) is 40.0 Å². The maximum absolute atomic E-state index is 5.51. The van der Waals surface area contributed by atoms with Gasteiger partial charge < -0.3 is 10.1 Å². The Morgan fingerprint density at radius 2 is 2.31 bits per heavy atom. The quantitative estimate of drug-likeness (QED) is 0.841. The lowest BCUT2D eigenvalue weighted by Gasteiger charge is -2.15. The topological polar surface area (TPSA) is 33.6 Å². The van der Waals surface area contributed by atoms with Gasteiger partial charge in [0.2, 0.25) is 0 Å². The van der Waals surface area contributed by atoms with Gasteiger partial charge in [-0.2, -0.15) is 0 Å². The van der Waals surface area contributed by atoms with E-state index in [0.29, 0.717) is 19.2 Å². The third-order valence-electron chi connectivity index (χ3n) is 2.24. The molecule has 1 aliphatic heterocycles. The summed E-state index contributed by atoms with van der Waals surface area (Å²) in [4.78, 5) is 4.15. The predicted octanol–water partition coefficient (Wildman–Crippen LogP) is 2.10. The Morgan fingerprint density at radius 3 is 2.94 bits per heavy atom. The molecule has 0 amide bonds. The highest BCUT2D eigenvalue weighted by atomic mass is 79.9. The van der Waals surface area contributed by atoms with Crippen LogP contribution in [0.5, 0.6) is 0 Å². The summed E-state index contributed by atoms with van der Waals surface area (Å²) in [6, 6.07) is 8.12. The molecule has 1 aliphatic rings. The minimum atomic E-state index is -0.229. The monoisotopic (exact) mass is 278 g/mol. The smallest absolute Gasteiger partial charge is 0.286 e. The zero-order valence-corrected chi connectivity index (χ0v) is 10.2. The molecule has 0 bridgehead atoms. The van der Waals surface area contributed by atoms with Crippen LogP contribution < -0.4 is 5.32 Å². The number of terminal acetylenes is 1. The molecule has 0 radical (unpaired) electrons. The number of nitrogens with zero attached hydrogens (tertiary/aromatic N) is 1. The summed E-state index contributed by atoms with van der Waals surface area (Å²) in [5, 5.41) is 3.08. The molecular weight excluding hydrogens is 268 g/mol. The second kappa shape index (κ2) is 5.04. The summed E-state index contributed by atoms with van der Waals surface area (Å²) in [5.74, 6) is 2.68. The van der Waals surface area contributed by atoms with E-state index < -0.39 is 0 Å². The van der Waals surface area contributed by atoms with Crippen molar-refractivity contribution in [1.82, 2.24) is 5.32 Å². The Labute approximate surface area is 103 Å². The van der Waals surface area contributed by atoms with Crippen LogP contribution >= 0.6 is 15.9 Å². The largest absolute Gasteiger partial charge is 0.463 e. The number of halogens is 1. The number of hydrogen-bond acceptors (Lipinski definition) is 3. The van der Waals surface area contributed by atoms with Crippen molar-refractivity contribution in [3.8, 4) is 12.3 Å². The lowest BCUT2D eigenvalue weighted by Crippen LogP contribution is -2.27. The highest BCUT2D eigenvalue weighted by Crippen LogP contribution is 2.22. The molecule has 0 fully saturated rings.